The van der Waals surface area contributed by atoms with Crippen molar-refractivity contribution in [2.75, 3.05) is 13.2 Å². The lowest BCUT2D eigenvalue weighted by Gasteiger charge is -2.21. The lowest BCUT2D eigenvalue weighted by molar-refractivity contribution is 0.348. The van der Waals surface area contributed by atoms with Gasteiger partial charge in [-0.25, -0.2) is 4.39 Å². The second-order valence-electron chi connectivity index (χ2n) is 6.40. The van der Waals surface area contributed by atoms with Crippen molar-refractivity contribution in [3.05, 3.63) is 52.2 Å². The Morgan fingerprint density at radius 1 is 1.29 bits per heavy atom. The zero-order valence-electron chi connectivity index (χ0n) is 13.7. The van der Waals surface area contributed by atoms with Gasteiger partial charge in [0.25, 0.3) is 5.56 Å². The van der Waals surface area contributed by atoms with Gasteiger partial charge < -0.3 is 15.5 Å². The molecule has 0 unspecified atom stereocenters. The highest BCUT2D eigenvalue weighted by Gasteiger charge is 2.17. The van der Waals surface area contributed by atoms with Crippen LogP contribution in [-0.2, 0) is 0 Å². The maximum absolute atomic E-state index is 12.6. The van der Waals surface area contributed by atoms with Crippen molar-refractivity contribution in [3.63, 3.8) is 0 Å². The van der Waals surface area contributed by atoms with Crippen molar-refractivity contribution in [2.24, 2.45) is 5.73 Å². The number of ether oxygens (including phenoxy) is 1. The summed E-state index contributed by atoms with van der Waals surface area (Å²) in [6, 6.07) is 7.36. The number of rotatable bonds is 5. The molecular weight excluding hydrogens is 307 g/mol. The van der Waals surface area contributed by atoms with Gasteiger partial charge in [-0.3, -0.25) is 4.79 Å². The second-order valence-corrected chi connectivity index (χ2v) is 6.40. The third-order valence-corrected chi connectivity index (χ3v) is 4.72. The third-order valence-electron chi connectivity index (χ3n) is 4.72. The van der Waals surface area contributed by atoms with E-state index < -0.39 is 0 Å². The monoisotopic (exact) mass is 330 g/mol. The number of nitrogens with one attached hydrogen (secondary N) is 1. The molecule has 1 aliphatic carbocycles. The predicted molar refractivity (Wildman–Crippen MR) is 94.1 cm³/mol. The Morgan fingerprint density at radius 3 is 2.79 bits per heavy atom. The third kappa shape index (κ3) is 3.67. The molecule has 1 aliphatic rings. The fourth-order valence-electron chi connectivity index (χ4n) is 3.30. The maximum Gasteiger partial charge on any atom is 0.256 e. The Balaban J connectivity index is 1.88. The molecule has 2 aromatic rings. The van der Waals surface area contributed by atoms with Gasteiger partial charge in [0.1, 0.15) is 12.4 Å². The van der Waals surface area contributed by atoms with E-state index in [2.05, 4.69) is 11.1 Å². The van der Waals surface area contributed by atoms with Crippen LogP contribution in [-0.4, -0.2) is 18.1 Å². The van der Waals surface area contributed by atoms with Crippen LogP contribution in [0.2, 0.25) is 0 Å². The van der Waals surface area contributed by atoms with Gasteiger partial charge in [-0.15, -0.1) is 0 Å². The number of hydrogen-bond acceptors (Lipinski definition) is 3. The van der Waals surface area contributed by atoms with Crippen LogP contribution in [0.3, 0.4) is 0 Å². The molecule has 1 aromatic carbocycles. The number of nitrogens with two attached hydrogens (primary N) is 1. The number of fused-ring (bicyclic) bond motifs is 1. The number of hydrogen-bond donors (Lipinski definition) is 2. The molecule has 0 amide bonds. The highest BCUT2D eigenvalue weighted by atomic mass is 19.1. The van der Waals surface area contributed by atoms with Gasteiger partial charge in [-0.05, 0) is 48.4 Å². The molecule has 1 aromatic heterocycles. The Morgan fingerprint density at radius 2 is 2.08 bits per heavy atom. The smallest absolute Gasteiger partial charge is 0.256 e. The van der Waals surface area contributed by atoms with E-state index >= 15 is 0 Å². The van der Waals surface area contributed by atoms with Crippen molar-refractivity contribution >= 4 is 10.8 Å². The summed E-state index contributed by atoms with van der Waals surface area (Å²) in [5, 5.41) is 1.50. The minimum Gasteiger partial charge on any atom is -0.489 e. The minimum absolute atomic E-state index is 0.0640. The van der Waals surface area contributed by atoms with E-state index in [1.807, 2.05) is 6.07 Å². The van der Waals surface area contributed by atoms with E-state index in [-0.39, 0.29) is 18.7 Å². The summed E-state index contributed by atoms with van der Waals surface area (Å²) in [5.74, 6) is 1.04. The topological polar surface area (TPSA) is 68.1 Å². The molecular formula is C19H23FN2O2. The van der Waals surface area contributed by atoms with Gasteiger partial charge in [0.05, 0.1) is 6.33 Å². The summed E-state index contributed by atoms with van der Waals surface area (Å²) in [7, 11) is 0. The Hall–Kier alpha value is -2.14. The van der Waals surface area contributed by atoms with Crippen LogP contribution in [0.25, 0.3) is 10.8 Å². The van der Waals surface area contributed by atoms with E-state index in [1.54, 1.807) is 12.1 Å². The van der Waals surface area contributed by atoms with Gasteiger partial charge in [-0.1, -0.05) is 19.3 Å². The quantitative estimate of drug-likeness (QED) is 0.877. The summed E-state index contributed by atoms with van der Waals surface area (Å²) in [6.45, 7) is 0.229. The van der Waals surface area contributed by atoms with Gasteiger partial charge in [-0.2, -0.15) is 0 Å². The van der Waals surface area contributed by atoms with Gasteiger partial charge in [0.15, 0.2) is 0 Å². The molecule has 0 aliphatic heterocycles. The van der Waals surface area contributed by atoms with Crippen LogP contribution in [0.1, 0.15) is 43.7 Å². The molecule has 3 N–H and O–H groups in total. The zero-order valence-corrected chi connectivity index (χ0v) is 13.7. The lowest BCUT2D eigenvalue weighted by atomic mass is 9.86. The number of benzene rings is 1. The second kappa shape index (κ2) is 7.62. The van der Waals surface area contributed by atoms with Crippen molar-refractivity contribution in [1.82, 2.24) is 4.98 Å². The highest BCUT2D eigenvalue weighted by molar-refractivity contribution is 5.83. The fourth-order valence-corrected chi connectivity index (χ4v) is 3.30. The van der Waals surface area contributed by atoms with Gasteiger partial charge >= 0.3 is 0 Å². The maximum atomic E-state index is 12.6. The predicted octanol–water partition coefficient (Wildman–Crippen LogP) is 3.77. The molecule has 0 bridgehead atoms. The van der Waals surface area contributed by atoms with E-state index in [0.29, 0.717) is 29.0 Å². The standard InChI is InChI=1S/C19H23FN2O2/c20-10-13(11-21)12-24-16-6-7-17-15(8-16)9-18(22-19(17)23)14-4-2-1-3-5-14/h6-10,14H,1-5,11-12,21H2,(H,22,23)/b13-10+. The molecule has 1 fully saturated rings. The average Bonchev–Trinajstić information content (AvgIpc) is 2.63. The molecule has 0 saturated heterocycles. The number of H-pyrrole nitrogens is 1. The lowest BCUT2D eigenvalue weighted by Crippen LogP contribution is -2.14. The number of aromatic nitrogens is 1. The number of halogens is 1. The molecule has 5 heteroatoms. The molecule has 0 spiro atoms. The SMILES string of the molecule is NC/C(=C\F)COc1ccc2c(=O)[nH]c(C3CCCCC3)cc2c1. The van der Waals surface area contributed by atoms with Crippen molar-refractivity contribution in [1.29, 1.82) is 0 Å². The first-order valence-electron chi connectivity index (χ1n) is 8.49. The molecule has 1 heterocycles. The molecule has 0 radical (unpaired) electrons. The van der Waals surface area contributed by atoms with E-state index in [4.69, 9.17) is 10.5 Å². The van der Waals surface area contributed by atoms with E-state index in [1.165, 1.54) is 19.3 Å². The van der Waals surface area contributed by atoms with Crippen LogP contribution in [0.4, 0.5) is 4.39 Å². The van der Waals surface area contributed by atoms with Crippen LogP contribution < -0.4 is 16.0 Å². The zero-order chi connectivity index (χ0) is 16.9. The van der Waals surface area contributed by atoms with Crippen molar-refractivity contribution < 1.29 is 9.13 Å². The first-order valence-corrected chi connectivity index (χ1v) is 8.49. The minimum atomic E-state index is -0.0640. The molecule has 128 valence electrons. The summed E-state index contributed by atoms with van der Waals surface area (Å²) in [5.41, 5.74) is 6.76. The van der Waals surface area contributed by atoms with Crippen molar-refractivity contribution in [3.8, 4) is 5.75 Å². The van der Waals surface area contributed by atoms with Gasteiger partial charge in [0, 0.05) is 23.2 Å². The Labute approximate surface area is 140 Å². The number of aromatic amines is 1. The van der Waals surface area contributed by atoms with Crippen LogP contribution in [0.5, 0.6) is 5.75 Å². The van der Waals surface area contributed by atoms with Crippen LogP contribution in [0, 0.1) is 0 Å². The summed E-state index contributed by atoms with van der Waals surface area (Å²) >= 11 is 0. The van der Waals surface area contributed by atoms with Crippen LogP contribution in [0.15, 0.2) is 41.0 Å². The number of pyridine rings is 1. The Bertz CT molecular complexity index is 792. The first kappa shape index (κ1) is 16.7. The first-order chi connectivity index (χ1) is 11.7. The largest absolute Gasteiger partial charge is 0.489 e. The average molecular weight is 330 g/mol. The van der Waals surface area contributed by atoms with Gasteiger partial charge in [0.2, 0.25) is 0 Å². The summed E-state index contributed by atoms with van der Waals surface area (Å²) < 4.78 is 18.1. The molecule has 0 atom stereocenters. The fraction of sp³-hybridized carbons (Fsp3) is 0.421. The van der Waals surface area contributed by atoms with E-state index in [0.717, 1.165) is 23.9 Å². The highest BCUT2D eigenvalue weighted by Crippen LogP contribution is 2.32. The summed E-state index contributed by atoms with van der Waals surface area (Å²) in [4.78, 5) is 15.4. The molecule has 4 nitrogen and oxygen atoms in total. The summed E-state index contributed by atoms with van der Waals surface area (Å²) in [6.07, 6.45) is 6.43. The normalized spacial score (nSPS) is 16.5. The molecule has 1 saturated carbocycles. The Kier molecular flexibility index (Phi) is 5.30. The molecule has 3 rings (SSSR count). The van der Waals surface area contributed by atoms with Crippen molar-refractivity contribution in [2.45, 2.75) is 38.0 Å². The van der Waals surface area contributed by atoms with E-state index in [9.17, 15) is 9.18 Å². The van der Waals surface area contributed by atoms with Crippen LogP contribution >= 0.6 is 0 Å². The molecule has 24 heavy (non-hydrogen) atoms.